The van der Waals surface area contributed by atoms with Gasteiger partial charge in [0.1, 0.15) is 0 Å². The van der Waals surface area contributed by atoms with E-state index in [0.29, 0.717) is 0 Å². The normalized spacial score (nSPS) is 12.2. The van der Waals surface area contributed by atoms with E-state index in [-0.39, 0.29) is 20.4 Å². The van der Waals surface area contributed by atoms with Gasteiger partial charge in [-0.2, -0.15) is 0 Å². The zero-order chi connectivity index (χ0) is 51.3. The number of hydrogen-bond acceptors (Lipinski definition) is 2. The minimum atomic E-state index is 0. The molecule has 2 aromatic rings. The minimum absolute atomic E-state index is 0. The number of benzene rings is 2. The van der Waals surface area contributed by atoms with Gasteiger partial charge in [-0.05, 0) is 100 Å². The van der Waals surface area contributed by atoms with Gasteiger partial charge in [0.15, 0.2) is 0 Å². The molecule has 0 aliphatic carbocycles. The number of hydrogen-bond donors (Lipinski definition) is 0. The molecule has 2 rings (SSSR count). The van der Waals surface area contributed by atoms with E-state index >= 15 is 0 Å². The number of aliphatic imine (C=N–C) groups is 2. The number of rotatable bonds is 53. The van der Waals surface area contributed by atoms with Crippen molar-refractivity contribution in [3.05, 3.63) is 84.0 Å². The third-order valence-corrected chi connectivity index (χ3v) is 15.3. The Bertz CT molecular complexity index is 1470. The molecule has 0 unspecified atom stereocenters. The fourth-order valence-corrected chi connectivity index (χ4v) is 10.4. The summed E-state index contributed by atoms with van der Waals surface area (Å²) in [5.74, 6) is 0. The van der Waals surface area contributed by atoms with Crippen LogP contribution in [0.5, 0.6) is 0 Å². The maximum Gasteiger partial charge on any atom is 0.0665 e. The third kappa shape index (κ3) is 41.7. The van der Waals surface area contributed by atoms with Gasteiger partial charge in [0.05, 0.1) is 22.8 Å². The van der Waals surface area contributed by atoms with Crippen molar-refractivity contribution in [1.29, 1.82) is 0 Å². The van der Waals surface area contributed by atoms with Gasteiger partial charge in [-0.15, -0.1) is 0 Å². The summed E-state index contributed by atoms with van der Waals surface area (Å²) in [5.41, 5.74) is 7.38. The van der Waals surface area contributed by atoms with Crippen molar-refractivity contribution in [1.82, 2.24) is 0 Å². The van der Waals surface area contributed by atoms with Crippen LogP contribution in [0.1, 0.15) is 334 Å². The van der Waals surface area contributed by atoms with E-state index in [1.54, 1.807) is 0 Å². The molecule has 0 saturated heterocycles. The van der Waals surface area contributed by atoms with Crippen molar-refractivity contribution in [3.8, 4) is 0 Å². The first-order chi connectivity index (χ1) is 35.7. The molecule has 2 nitrogen and oxygen atoms in total. The smallest absolute Gasteiger partial charge is 0.0665 e. The van der Waals surface area contributed by atoms with Gasteiger partial charge < -0.3 is 0 Å². The van der Waals surface area contributed by atoms with Gasteiger partial charge in [-0.1, -0.05) is 320 Å². The first-order valence-electron chi connectivity index (χ1n) is 32.3. The summed E-state index contributed by atoms with van der Waals surface area (Å²) in [6.07, 6.45) is 74.6. The van der Waals surface area contributed by atoms with Gasteiger partial charge in [0, 0.05) is 20.4 Å². The molecule has 0 N–H and O–H groups in total. The van der Waals surface area contributed by atoms with E-state index in [0.717, 1.165) is 75.6 Å². The molecule has 0 aromatic heterocycles. The largest absolute Gasteiger partial charge is 0.251 e. The summed E-state index contributed by atoms with van der Waals surface area (Å²) in [4.78, 5) is 11.0. The Balaban J connectivity index is 0.0000266. The Morgan fingerprint density at radius 3 is 0.795 bits per heavy atom. The van der Waals surface area contributed by atoms with Crippen LogP contribution >= 0.6 is 0 Å². The van der Waals surface area contributed by atoms with Gasteiger partial charge in [-0.25, -0.2) is 0 Å². The molecular weight excluding hydrogens is 975 g/mol. The van der Waals surface area contributed by atoms with Crippen LogP contribution in [0.3, 0.4) is 0 Å². The van der Waals surface area contributed by atoms with Crippen LogP contribution in [0.15, 0.2) is 82.8 Å². The second-order valence-electron chi connectivity index (χ2n) is 22.2. The van der Waals surface area contributed by atoms with Crippen LogP contribution in [0.25, 0.3) is 0 Å². The maximum atomic E-state index is 5.49. The van der Waals surface area contributed by atoms with E-state index in [2.05, 4.69) is 101 Å². The van der Waals surface area contributed by atoms with E-state index < -0.39 is 0 Å². The molecule has 0 aliphatic rings. The van der Waals surface area contributed by atoms with Crippen molar-refractivity contribution < 1.29 is 20.4 Å². The standard InChI is InChI=1S/C70H120N2.Pd/c1-5-9-13-15-17-19-21-23-25-27-29-31-33-35-37-39-41-43-45-47-49-51-57-65-59-53-55-63-67(65)71-69(61-11-7-3)70(62-12-8-4)72-68-64-56-54-60-66(68)58-52-50-48-46-44-42-40-38-36-34-32-30-28-26-24-22-20-18-16-14-10-6-2;/h47-50,53-56,59-60,63-64H,5-46,51-52,57-58,61-62H2,1-4H3;. The zero-order valence-corrected chi connectivity index (χ0v) is 50.6. The molecule has 2 aromatic carbocycles. The molecule has 0 heterocycles. The van der Waals surface area contributed by atoms with Gasteiger partial charge >= 0.3 is 0 Å². The minimum Gasteiger partial charge on any atom is -0.251 e. The summed E-state index contributed by atoms with van der Waals surface area (Å²) in [6.45, 7) is 9.21. The Labute approximate surface area is 470 Å². The van der Waals surface area contributed by atoms with Crippen LogP contribution < -0.4 is 0 Å². The molecule has 0 saturated carbocycles. The zero-order valence-electron chi connectivity index (χ0n) is 49.1. The summed E-state index contributed by atoms with van der Waals surface area (Å²) < 4.78 is 0. The number of unbranched alkanes of at least 4 members (excludes halogenated alkanes) is 38. The van der Waals surface area contributed by atoms with E-state index in [4.69, 9.17) is 9.98 Å². The first-order valence-corrected chi connectivity index (χ1v) is 32.3. The van der Waals surface area contributed by atoms with Crippen LogP contribution in [0.2, 0.25) is 0 Å². The quantitative estimate of drug-likeness (QED) is 0.0273. The molecule has 0 amide bonds. The number of allylic oxidation sites excluding steroid dienone is 4. The summed E-state index contributed by atoms with van der Waals surface area (Å²) in [7, 11) is 0. The molecule has 0 bridgehead atoms. The van der Waals surface area contributed by atoms with E-state index in [1.165, 1.54) is 267 Å². The predicted octanol–water partition coefficient (Wildman–Crippen LogP) is 24.8. The van der Waals surface area contributed by atoms with Gasteiger partial charge in [0.25, 0.3) is 0 Å². The Hall–Kier alpha value is -2.08. The van der Waals surface area contributed by atoms with Gasteiger partial charge in [-0.3, -0.25) is 9.98 Å². The first kappa shape index (κ1) is 68.9. The average molecular weight is 1100 g/mol. The van der Waals surface area contributed by atoms with E-state index in [1.807, 2.05) is 0 Å². The van der Waals surface area contributed by atoms with Crippen molar-refractivity contribution >= 4 is 22.8 Å². The second kappa shape index (κ2) is 54.7. The maximum absolute atomic E-state index is 5.49. The number of para-hydroxylation sites is 2. The molecule has 0 atom stereocenters. The van der Waals surface area contributed by atoms with Gasteiger partial charge in [0.2, 0.25) is 0 Å². The molecule has 73 heavy (non-hydrogen) atoms. The fraction of sp³-hybridized carbons (Fsp3) is 0.743. The molecule has 0 radical (unpaired) electrons. The van der Waals surface area contributed by atoms with Crippen molar-refractivity contribution in [2.45, 2.75) is 336 Å². The predicted molar refractivity (Wildman–Crippen MR) is 328 cm³/mol. The molecule has 0 aliphatic heterocycles. The number of nitrogens with zero attached hydrogens (tertiary/aromatic N) is 2. The third-order valence-electron chi connectivity index (χ3n) is 15.3. The van der Waals surface area contributed by atoms with Crippen LogP contribution in [0.4, 0.5) is 11.4 Å². The SMILES string of the molecule is CCCCCCCCCCCCCCCCCCCCC=CCCc1ccccc1N=C(CCCC)C(CCCC)=Nc1ccccc1CCC=CCCCCCCCCCCCCCCCCCCCC.[Pd]. The van der Waals surface area contributed by atoms with Crippen molar-refractivity contribution in [2.75, 3.05) is 0 Å². The summed E-state index contributed by atoms with van der Waals surface area (Å²) >= 11 is 0. The Kier molecular flexibility index (Phi) is 51.7. The molecule has 3 heteroatoms. The molecule has 0 fully saturated rings. The molecule has 420 valence electrons. The van der Waals surface area contributed by atoms with E-state index in [9.17, 15) is 0 Å². The Morgan fingerprint density at radius 2 is 0.521 bits per heavy atom. The van der Waals surface area contributed by atoms with Crippen molar-refractivity contribution in [2.24, 2.45) is 9.98 Å². The average Bonchev–Trinajstić information content (AvgIpc) is 3.40. The topological polar surface area (TPSA) is 24.7 Å². The summed E-state index contributed by atoms with van der Waals surface area (Å²) in [5, 5.41) is 0. The monoisotopic (exact) mass is 1090 g/mol. The summed E-state index contributed by atoms with van der Waals surface area (Å²) in [6, 6.07) is 17.8. The van der Waals surface area contributed by atoms with Crippen LogP contribution in [0, 0.1) is 0 Å². The van der Waals surface area contributed by atoms with Crippen molar-refractivity contribution in [3.63, 3.8) is 0 Å². The molecular formula is C70H120N2Pd. The van der Waals surface area contributed by atoms with Crippen LogP contribution in [-0.4, -0.2) is 11.4 Å². The number of aryl methyl sites for hydroxylation is 2. The fourth-order valence-electron chi connectivity index (χ4n) is 10.4. The second-order valence-corrected chi connectivity index (χ2v) is 22.2. The Morgan fingerprint density at radius 1 is 0.288 bits per heavy atom. The van der Waals surface area contributed by atoms with Crippen LogP contribution in [-0.2, 0) is 33.3 Å². The molecule has 0 spiro atoms.